The van der Waals surface area contributed by atoms with Crippen molar-refractivity contribution in [2.75, 3.05) is 6.61 Å². The summed E-state index contributed by atoms with van der Waals surface area (Å²) in [5.74, 6) is -2.42. The molecular formula is C24H24O10. The molecule has 10 nitrogen and oxygen atoms in total. The van der Waals surface area contributed by atoms with Crippen LogP contribution in [0.25, 0.3) is 21.9 Å². The van der Waals surface area contributed by atoms with Gasteiger partial charge >= 0.3 is 11.9 Å². The second-order valence-corrected chi connectivity index (χ2v) is 6.30. The van der Waals surface area contributed by atoms with Gasteiger partial charge in [-0.1, -0.05) is 14.9 Å². The maximum atomic E-state index is 11.4. The zero-order valence-electron chi connectivity index (χ0n) is 16.5. The number of phenols is 2. The molecule has 180 valence electrons. The van der Waals surface area contributed by atoms with Crippen LogP contribution >= 0.6 is 0 Å². The monoisotopic (exact) mass is 472 g/mol. The number of fused-ring (bicyclic) bond motifs is 2. The fourth-order valence-corrected chi connectivity index (χ4v) is 2.90. The number of ether oxygens (including phenoxy) is 1. The molecule has 34 heavy (non-hydrogen) atoms. The number of carboxylic acids is 1. The van der Waals surface area contributed by atoms with Crippen LogP contribution in [0.15, 0.2) is 45.2 Å². The topological polar surface area (TPSA) is 164 Å². The largest absolute Gasteiger partial charge is 0.507 e. The van der Waals surface area contributed by atoms with Crippen LogP contribution in [0.5, 0.6) is 11.5 Å². The van der Waals surface area contributed by atoms with Crippen molar-refractivity contribution in [2.45, 2.75) is 21.8 Å². The van der Waals surface area contributed by atoms with Crippen molar-refractivity contribution in [2.24, 2.45) is 0 Å². The third-order valence-electron chi connectivity index (χ3n) is 4.36. The minimum Gasteiger partial charge on any atom is -0.507 e. The molecule has 0 atom stereocenters. The minimum absolute atomic E-state index is 0. The van der Waals surface area contributed by atoms with Gasteiger partial charge in [0, 0.05) is 22.9 Å². The van der Waals surface area contributed by atoms with Crippen molar-refractivity contribution in [3.8, 4) is 11.5 Å². The highest BCUT2D eigenvalue weighted by Gasteiger charge is 2.17. The van der Waals surface area contributed by atoms with Gasteiger partial charge in [0.05, 0.1) is 17.7 Å². The van der Waals surface area contributed by atoms with E-state index in [1.165, 1.54) is 36.4 Å². The van der Waals surface area contributed by atoms with Gasteiger partial charge in [0.15, 0.2) is 12.6 Å². The maximum absolute atomic E-state index is 11.4. The van der Waals surface area contributed by atoms with Crippen molar-refractivity contribution < 1.29 is 48.1 Å². The van der Waals surface area contributed by atoms with Crippen molar-refractivity contribution in [1.82, 2.24) is 0 Å². The first kappa shape index (κ1) is 27.4. The Morgan fingerprint density at radius 1 is 0.853 bits per heavy atom. The molecule has 3 N–H and O–H groups in total. The van der Waals surface area contributed by atoms with Gasteiger partial charge in [-0.15, -0.1) is 0 Å². The summed E-state index contributed by atoms with van der Waals surface area (Å²) in [6, 6.07) is 8.11. The number of aromatic carboxylic acids is 1. The number of carbonyl (C=O) groups is 4. The van der Waals surface area contributed by atoms with Gasteiger partial charge in [-0.05, 0) is 31.2 Å². The molecule has 2 aromatic carbocycles. The highest BCUT2D eigenvalue weighted by atomic mass is 16.5. The fraction of sp³-hybridized carbons (Fsp3) is 0.167. The summed E-state index contributed by atoms with van der Waals surface area (Å²) in [5.41, 5.74) is 0.741. The van der Waals surface area contributed by atoms with E-state index in [4.69, 9.17) is 18.7 Å². The standard InChI is InChI=1S/C12H10O5.C10H6O5.2CH4/c1-2-16-12(15)11-5-7-8(6-13)9(14)3-4-10(7)17-11;11-4-6-5-3-9(10(13)14)15-8(5)2-1-7(6)12;;/h3-6,14H,2H2,1H3;1-4,12H,(H,13,14);2*1H4. The predicted molar refractivity (Wildman–Crippen MR) is 123 cm³/mol. The lowest BCUT2D eigenvalue weighted by atomic mass is 10.1. The molecule has 0 amide bonds. The lowest BCUT2D eigenvalue weighted by Gasteiger charge is -1.96. The molecule has 0 radical (unpaired) electrons. The first-order valence-electron chi connectivity index (χ1n) is 9.12. The van der Waals surface area contributed by atoms with Gasteiger partial charge in [-0.25, -0.2) is 9.59 Å². The zero-order valence-corrected chi connectivity index (χ0v) is 16.5. The molecule has 10 heteroatoms. The summed E-state index contributed by atoms with van der Waals surface area (Å²) in [6.45, 7) is 1.92. The van der Waals surface area contributed by atoms with Crippen LogP contribution < -0.4 is 0 Å². The van der Waals surface area contributed by atoms with Gasteiger partial charge in [0.1, 0.15) is 22.7 Å². The first-order chi connectivity index (χ1) is 15.3. The number of furan rings is 2. The van der Waals surface area contributed by atoms with Gasteiger partial charge in [0.2, 0.25) is 11.5 Å². The Bertz CT molecular complexity index is 1340. The van der Waals surface area contributed by atoms with Crippen molar-refractivity contribution >= 4 is 46.4 Å². The molecule has 2 aromatic heterocycles. The smallest absolute Gasteiger partial charge is 0.374 e. The van der Waals surface area contributed by atoms with Crippen LogP contribution in [0.3, 0.4) is 0 Å². The van der Waals surface area contributed by atoms with E-state index in [1.807, 2.05) is 0 Å². The number of carboxylic acid groups (broad SMARTS) is 1. The van der Waals surface area contributed by atoms with Crippen molar-refractivity contribution in [1.29, 1.82) is 0 Å². The molecule has 0 unspecified atom stereocenters. The van der Waals surface area contributed by atoms with Crippen LogP contribution in [-0.4, -0.2) is 46.4 Å². The molecule has 4 aromatic rings. The summed E-state index contributed by atoms with van der Waals surface area (Å²) in [7, 11) is 0. The van der Waals surface area contributed by atoms with Crippen molar-refractivity contribution in [3.63, 3.8) is 0 Å². The number of rotatable bonds is 5. The Morgan fingerprint density at radius 2 is 1.29 bits per heavy atom. The van der Waals surface area contributed by atoms with E-state index in [9.17, 15) is 29.4 Å². The van der Waals surface area contributed by atoms with Crippen LogP contribution in [0.1, 0.15) is 63.6 Å². The molecule has 0 spiro atoms. The van der Waals surface area contributed by atoms with Crippen LogP contribution in [-0.2, 0) is 4.74 Å². The van der Waals surface area contributed by atoms with Gasteiger partial charge in [-0.3, -0.25) is 9.59 Å². The van der Waals surface area contributed by atoms with Crippen LogP contribution in [0.2, 0.25) is 0 Å². The summed E-state index contributed by atoms with van der Waals surface area (Å²) in [4.78, 5) is 43.5. The van der Waals surface area contributed by atoms with E-state index in [0.717, 1.165) is 0 Å². The van der Waals surface area contributed by atoms with E-state index < -0.39 is 11.9 Å². The Labute approximate surface area is 194 Å². The third-order valence-corrected chi connectivity index (χ3v) is 4.36. The molecule has 0 aliphatic rings. The quantitative estimate of drug-likeness (QED) is 0.264. The van der Waals surface area contributed by atoms with Crippen LogP contribution in [0.4, 0.5) is 0 Å². The van der Waals surface area contributed by atoms with E-state index in [-0.39, 0.29) is 61.2 Å². The normalized spacial score (nSPS) is 9.79. The molecule has 0 bridgehead atoms. The Hall–Kier alpha value is -4.60. The second kappa shape index (κ2) is 11.3. The third kappa shape index (κ3) is 5.23. The Kier molecular flexibility index (Phi) is 9.13. The van der Waals surface area contributed by atoms with E-state index >= 15 is 0 Å². The van der Waals surface area contributed by atoms with Crippen molar-refractivity contribution in [3.05, 3.63) is 59.0 Å². The average molecular weight is 472 g/mol. The summed E-state index contributed by atoms with van der Waals surface area (Å²) >= 11 is 0. The first-order valence-corrected chi connectivity index (χ1v) is 9.12. The number of esters is 1. The zero-order chi connectivity index (χ0) is 23.4. The number of carbonyl (C=O) groups excluding carboxylic acids is 3. The lowest BCUT2D eigenvalue weighted by molar-refractivity contribution is 0.0492. The number of aromatic hydroxyl groups is 2. The SMILES string of the molecule is C.C.CCOC(=O)c1cc2c(C=O)c(O)ccc2o1.O=Cc1c(O)ccc2oc(C(=O)O)cc12. The number of benzene rings is 2. The fourth-order valence-electron chi connectivity index (χ4n) is 2.90. The minimum atomic E-state index is -1.22. The molecule has 2 heterocycles. The maximum Gasteiger partial charge on any atom is 0.374 e. The Morgan fingerprint density at radius 3 is 1.71 bits per heavy atom. The molecule has 0 fully saturated rings. The average Bonchev–Trinajstić information content (AvgIpc) is 3.39. The van der Waals surface area contributed by atoms with Gasteiger partial charge in [0.25, 0.3) is 0 Å². The molecular weight excluding hydrogens is 448 g/mol. The summed E-state index contributed by atoms with van der Waals surface area (Å²) < 4.78 is 15.0. The van der Waals surface area contributed by atoms with E-state index in [1.54, 1.807) is 6.92 Å². The van der Waals surface area contributed by atoms with Gasteiger partial charge in [-0.2, -0.15) is 0 Å². The number of aldehydes is 2. The molecule has 4 rings (SSSR count). The van der Waals surface area contributed by atoms with E-state index in [0.29, 0.717) is 28.9 Å². The number of hydrogen-bond donors (Lipinski definition) is 3. The van der Waals surface area contributed by atoms with Crippen LogP contribution in [0, 0.1) is 0 Å². The molecule has 0 aliphatic carbocycles. The lowest BCUT2D eigenvalue weighted by Crippen LogP contribution is -2.02. The Balaban J connectivity index is 0.000000323. The molecule has 0 aliphatic heterocycles. The van der Waals surface area contributed by atoms with E-state index in [2.05, 4.69) is 0 Å². The highest BCUT2D eigenvalue weighted by molar-refractivity contribution is 6.03. The summed E-state index contributed by atoms with van der Waals surface area (Å²) in [5, 5.41) is 28.2. The number of hydrogen-bond acceptors (Lipinski definition) is 9. The molecule has 0 saturated heterocycles. The highest BCUT2D eigenvalue weighted by Crippen LogP contribution is 2.29. The predicted octanol–water partition coefficient (Wildman–Crippen LogP) is 5.05. The van der Waals surface area contributed by atoms with Gasteiger partial charge < -0.3 is 28.9 Å². The number of phenolic OH excluding ortho intramolecular Hbond substituents is 2. The summed E-state index contributed by atoms with van der Waals surface area (Å²) in [6.07, 6.45) is 0.973. The molecule has 0 saturated carbocycles. The second-order valence-electron chi connectivity index (χ2n) is 6.30.